The summed E-state index contributed by atoms with van der Waals surface area (Å²) in [4.78, 5) is 14.7. The molecule has 0 bridgehead atoms. The number of nitrogens with one attached hydrogen (secondary N) is 1. The molecule has 0 unspecified atom stereocenters. The van der Waals surface area contributed by atoms with E-state index in [4.69, 9.17) is 4.74 Å². The van der Waals surface area contributed by atoms with E-state index in [-0.39, 0.29) is 5.69 Å². The minimum Gasteiger partial charge on any atom is -0.493 e. The summed E-state index contributed by atoms with van der Waals surface area (Å²) in [6, 6.07) is 10.3. The molecule has 1 aromatic carbocycles. The van der Waals surface area contributed by atoms with Crippen molar-refractivity contribution in [3.63, 3.8) is 0 Å². The molecule has 6 nitrogen and oxygen atoms in total. The van der Waals surface area contributed by atoms with E-state index in [0.717, 1.165) is 12.1 Å². The Labute approximate surface area is 122 Å². The van der Waals surface area contributed by atoms with Gasteiger partial charge in [-0.3, -0.25) is 15.1 Å². The van der Waals surface area contributed by atoms with Crippen LogP contribution in [0.3, 0.4) is 0 Å². The zero-order valence-electron chi connectivity index (χ0n) is 11.8. The molecule has 0 radical (unpaired) electrons. The minimum absolute atomic E-state index is 0.00660. The zero-order valence-corrected chi connectivity index (χ0v) is 11.8. The second-order valence-corrected chi connectivity index (χ2v) is 4.50. The predicted molar refractivity (Wildman–Crippen MR) is 80.4 cm³/mol. The van der Waals surface area contributed by atoms with Crippen LogP contribution in [0.25, 0.3) is 0 Å². The highest BCUT2D eigenvalue weighted by Crippen LogP contribution is 2.26. The number of ether oxygens (including phenoxy) is 1. The van der Waals surface area contributed by atoms with Crippen molar-refractivity contribution >= 4 is 11.4 Å². The first-order chi connectivity index (χ1) is 10.2. The third-order valence-electron chi connectivity index (χ3n) is 2.77. The first-order valence-corrected chi connectivity index (χ1v) is 6.75. The van der Waals surface area contributed by atoms with E-state index in [1.54, 1.807) is 12.3 Å². The first kappa shape index (κ1) is 14.8. The Balaban J connectivity index is 2.13. The van der Waals surface area contributed by atoms with Crippen LogP contribution < -0.4 is 10.1 Å². The van der Waals surface area contributed by atoms with Crippen molar-refractivity contribution in [1.82, 2.24) is 4.98 Å². The summed E-state index contributed by atoms with van der Waals surface area (Å²) in [7, 11) is 0. The topological polar surface area (TPSA) is 77.3 Å². The standard InChI is InChI=1S/C15H17N3O3/c1-2-7-21-15-9-13(8-14(10-15)18(19)20)17-11-12-5-3-4-6-16-12/h3-6,8-10,17H,2,7,11H2,1H3. The van der Waals surface area contributed by atoms with E-state index in [1.807, 2.05) is 25.1 Å². The highest BCUT2D eigenvalue weighted by Gasteiger charge is 2.10. The molecule has 2 aromatic rings. The SMILES string of the molecule is CCCOc1cc(NCc2ccccn2)cc([N+](=O)[O-])c1. The molecular formula is C15H17N3O3. The van der Waals surface area contributed by atoms with E-state index in [0.29, 0.717) is 24.6 Å². The third-order valence-corrected chi connectivity index (χ3v) is 2.77. The number of pyridine rings is 1. The molecule has 0 saturated carbocycles. The van der Waals surface area contributed by atoms with Crippen molar-refractivity contribution in [2.45, 2.75) is 19.9 Å². The second-order valence-electron chi connectivity index (χ2n) is 4.50. The van der Waals surface area contributed by atoms with E-state index >= 15 is 0 Å². The highest BCUT2D eigenvalue weighted by atomic mass is 16.6. The Morgan fingerprint density at radius 3 is 2.86 bits per heavy atom. The Bertz CT molecular complexity index is 602. The molecule has 6 heteroatoms. The summed E-state index contributed by atoms with van der Waals surface area (Å²) < 4.78 is 5.48. The molecule has 21 heavy (non-hydrogen) atoms. The molecule has 0 spiro atoms. The van der Waals surface area contributed by atoms with Crippen molar-refractivity contribution in [2.24, 2.45) is 0 Å². The van der Waals surface area contributed by atoms with Gasteiger partial charge in [-0.05, 0) is 18.6 Å². The summed E-state index contributed by atoms with van der Waals surface area (Å²) in [5.74, 6) is 0.495. The summed E-state index contributed by atoms with van der Waals surface area (Å²) >= 11 is 0. The third kappa shape index (κ3) is 4.45. The van der Waals surface area contributed by atoms with Crippen LogP contribution >= 0.6 is 0 Å². The minimum atomic E-state index is -0.426. The highest BCUT2D eigenvalue weighted by molar-refractivity contribution is 5.56. The summed E-state index contributed by atoms with van der Waals surface area (Å²) in [5, 5.41) is 14.1. The number of nitrogens with zero attached hydrogens (tertiary/aromatic N) is 2. The number of hydrogen-bond donors (Lipinski definition) is 1. The maximum atomic E-state index is 11.0. The second kappa shape index (κ2) is 7.23. The van der Waals surface area contributed by atoms with Gasteiger partial charge in [0.15, 0.2) is 0 Å². The molecule has 110 valence electrons. The zero-order chi connectivity index (χ0) is 15.1. The Hall–Kier alpha value is -2.63. The average molecular weight is 287 g/mol. The van der Waals surface area contributed by atoms with Crippen molar-refractivity contribution in [2.75, 3.05) is 11.9 Å². The van der Waals surface area contributed by atoms with Crippen LogP contribution in [-0.4, -0.2) is 16.5 Å². The maximum Gasteiger partial charge on any atom is 0.275 e. The van der Waals surface area contributed by atoms with Crippen LogP contribution in [0, 0.1) is 10.1 Å². The van der Waals surface area contributed by atoms with Gasteiger partial charge in [-0.1, -0.05) is 13.0 Å². The van der Waals surface area contributed by atoms with E-state index in [9.17, 15) is 10.1 Å². The molecule has 0 saturated heterocycles. The monoisotopic (exact) mass is 287 g/mol. The number of hydrogen-bond acceptors (Lipinski definition) is 5. The Kier molecular flexibility index (Phi) is 5.09. The normalized spacial score (nSPS) is 10.1. The van der Waals surface area contributed by atoms with Gasteiger partial charge in [0.05, 0.1) is 29.8 Å². The largest absolute Gasteiger partial charge is 0.493 e. The van der Waals surface area contributed by atoms with Gasteiger partial charge in [-0.15, -0.1) is 0 Å². The van der Waals surface area contributed by atoms with Gasteiger partial charge in [0.25, 0.3) is 5.69 Å². The summed E-state index contributed by atoms with van der Waals surface area (Å²) in [6.45, 7) is 3.01. The van der Waals surface area contributed by atoms with Crippen LogP contribution in [0.4, 0.5) is 11.4 Å². The lowest BCUT2D eigenvalue weighted by Gasteiger charge is -2.09. The van der Waals surface area contributed by atoms with E-state index in [1.165, 1.54) is 12.1 Å². The molecule has 0 aliphatic carbocycles. The molecular weight excluding hydrogens is 270 g/mol. The lowest BCUT2D eigenvalue weighted by atomic mass is 10.2. The van der Waals surface area contributed by atoms with Gasteiger partial charge in [0, 0.05) is 24.0 Å². The fourth-order valence-electron chi connectivity index (χ4n) is 1.79. The number of non-ortho nitro benzene ring substituents is 1. The average Bonchev–Trinajstić information content (AvgIpc) is 2.51. The van der Waals surface area contributed by atoms with Crippen LogP contribution in [0.5, 0.6) is 5.75 Å². The number of anilines is 1. The molecule has 0 amide bonds. The molecule has 2 rings (SSSR count). The molecule has 0 aliphatic rings. The summed E-state index contributed by atoms with van der Waals surface area (Å²) in [6.07, 6.45) is 2.56. The predicted octanol–water partition coefficient (Wildman–Crippen LogP) is 3.39. The molecule has 0 aliphatic heterocycles. The Morgan fingerprint density at radius 1 is 1.33 bits per heavy atom. The molecule has 1 N–H and O–H groups in total. The van der Waals surface area contributed by atoms with Gasteiger partial charge in [-0.2, -0.15) is 0 Å². The van der Waals surface area contributed by atoms with Crippen LogP contribution in [0.1, 0.15) is 19.0 Å². The van der Waals surface area contributed by atoms with Gasteiger partial charge in [0.1, 0.15) is 5.75 Å². The van der Waals surface area contributed by atoms with Gasteiger partial charge in [0.2, 0.25) is 0 Å². The van der Waals surface area contributed by atoms with Gasteiger partial charge < -0.3 is 10.1 Å². The lowest BCUT2D eigenvalue weighted by Crippen LogP contribution is -2.03. The van der Waals surface area contributed by atoms with E-state index < -0.39 is 4.92 Å². The first-order valence-electron chi connectivity index (χ1n) is 6.75. The number of aromatic nitrogens is 1. The van der Waals surface area contributed by atoms with E-state index in [2.05, 4.69) is 10.3 Å². The van der Waals surface area contributed by atoms with Crippen molar-refractivity contribution in [3.8, 4) is 5.75 Å². The van der Waals surface area contributed by atoms with Gasteiger partial charge >= 0.3 is 0 Å². The molecule has 1 heterocycles. The number of rotatable bonds is 7. The quantitative estimate of drug-likeness (QED) is 0.624. The fraction of sp³-hybridized carbons (Fsp3) is 0.267. The smallest absolute Gasteiger partial charge is 0.275 e. The van der Waals surface area contributed by atoms with Crippen molar-refractivity contribution < 1.29 is 9.66 Å². The fourth-order valence-corrected chi connectivity index (χ4v) is 1.79. The van der Waals surface area contributed by atoms with Crippen molar-refractivity contribution in [1.29, 1.82) is 0 Å². The Morgan fingerprint density at radius 2 is 2.19 bits per heavy atom. The molecule has 0 atom stereocenters. The van der Waals surface area contributed by atoms with Crippen LogP contribution in [-0.2, 0) is 6.54 Å². The molecule has 1 aromatic heterocycles. The van der Waals surface area contributed by atoms with Crippen LogP contribution in [0.15, 0.2) is 42.6 Å². The number of nitro benzene ring substituents is 1. The number of benzene rings is 1. The lowest BCUT2D eigenvalue weighted by molar-refractivity contribution is -0.384. The molecule has 0 fully saturated rings. The van der Waals surface area contributed by atoms with Crippen molar-refractivity contribution in [3.05, 3.63) is 58.4 Å². The summed E-state index contributed by atoms with van der Waals surface area (Å²) in [5.41, 5.74) is 1.51. The van der Waals surface area contributed by atoms with Crippen LogP contribution in [0.2, 0.25) is 0 Å². The number of nitro groups is 1. The van der Waals surface area contributed by atoms with Gasteiger partial charge in [-0.25, -0.2) is 0 Å². The maximum absolute atomic E-state index is 11.0.